The van der Waals surface area contributed by atoms with Crippen molar-refractivity contribution in [1.29, 1.82) is 0 Å². The van der Waals surface area contributed by atoms with Crippen LogP contribution in [0.3, 0.4) is 0 Å². The molecule has 4 rings (SSSR count). The zero-order valence-electron chi connectivity index (χ0n) is 18.9. The summed E-state index contributed by atoms with van der Waals surface area (Å²) in [5.41, 5.74) is 6.80. The summed E-state index contributed by atoms with van der Waals surface area (Å²) < 4.78 is 12.5. The second-order valence-corrected chi connectivity index (χ2v) is 8.44. The molecule has 2 aromatic heterocycles. The third-order valence-electron chi connectivity index (χ3n) is 5.17. The lowest BCUT2D eigenvalue weighted by Crippen LogP contribution is -2.46. The minimum Gasteiger partial charge on any atom is -0.463 e. The number of carbonyl (C=O) groups is 3. The summed E-state index contributed by atoms with van der Waals surface area (Å²) >= 11 is 1.25. The van der Waals surface area contributed by atoms with Crippen molar-refractivity contribution < 1.29 is 23.5 Å². The van der Waals surface area contributed by atoms with Gasteiger partial charge < -0.3 is 25.5 Å². The Morgan fingerprint density at radius 1 is 1.20 bits per heavy atom. The Morgan fingerprint density at radius 3 is 2.69 bits per heavy atom. The molecule has 3 heterocycles. The van der Waals surface area contributed by atoms with E-state index in [2.05, 4.69) is 20.8 Å². The van der Waals surface area contributed by atoms with Gasteiger partial charge in [-0.2, -0.15) is 0 Å². The molecule has 1 aliphatic rings. The Labute approximate surface area is 205 Å². The van der Waals surface area contributed by atoms with Gasteiger partial charge in [0.25, 0.3) is 0 Å². The van der Waals surface area contributed by atoms with Gasteiger partial charge in [-0.15, -0.1) is 10.2 Å². The zero-order valence-corrected chi connectivity index (χ0v) is 19.7. The molecule has 12 heteroatoms. The molecule has 182 valence electrons. The molecule has 11 nitrogen and oxygen atoms in total. The van der Waals surface area contributed by atoms with Crippen molar-refractivity contribution in [2.45, 2.75) is 31.1 Å². The van der Waals surface area contributed by atoms with Crippen molar-refractivity contribution in [1.82, 2.24) is 25.4 Å². The van der Waals surface area contributed by atoms with Crippen molar-refractivity contribution in [2.24, 2.45) is 5.73 Å². The van der Waals surface area contributed by atoms with E-state index in [1.165, 1.54) is 18.0 Å². The van der Waals surface area contributed by atoms with E-state index in [-0.39, 0.29) is 25.3 Å². The van der Waals surface area contributed by atoms with Gasteiger partial charge in [0.15, 0.2) is 16.7 Å². The van der Waals surface area contributed by atoms with E-state index < -0.39 is 23.9 Å². The second kappa shape index (κ2) is 10.9. The van der Waals surface area contributed by atoms with Gasteiger partial charge in [-0.3, -0.25) is 9.36 Å². The quantitative estimate of drug-likeness (QED) is 0.285. The highest BCUT2D eigenvalue weighted by Crippen LogP contribution is 2.31. The van der Waals surface area contributed by atoms with Crippen LogP contribution >= 0.6 is 11.8 Å². The van der Waals surface area contributed by atoms with Crippen molar-refractivity contribution >= 4 is 29.7 Å². The number of ether oxygens (including phenoxy) is 1. The molecule has 35 heavy (non-hydrogen) atoms. The van der Waals surface area contributed by atoms with E-state index in [9.17, 15) is 14.4 Å². The van der Waals surface area contributed by atoms with Crippen LogP contribution in [0.1, 0.15) is 24.9 Å². The summed E-state index contributed by atoms with van der Waals surface area (Å²) in [5, 5.41) is 14.4. The number of hydrogen-bond acceptors (Lipinski definition) is 8. The molecular weight excluding hydrogens is 472 g/mol. The lowest BCUT2D eigenvalue weighted by Gasteiger charge is -2.29. The van der Waals surface area contributed by atoms with Gasteiger partial charge in [0.1, 0.15) is 0 Å². The highest BCUT2D eigenvalue weighted by Gasteiger charge is 2.34. The standard InChI is InChI=1S/C23H24N6O5S/c1-2-33-21(31)18-15(25-22(32)26-19(18)14-7-4-3-5-8-14)13-35-23-28-27-20(16-9-6-12-34-16)29(23)11-10-17(24)30/h3-9,12,19H,2,10-11,13H2,1H3,(H2,24,30)(H2,25,26,32). The number of furan rings is 1. The number of rotatable bonds is 10. The largest absolute Gasteiger partial charge is 0.463 e. The summed E-state index contributed by atoms with van der Waals surface area (Å²) in [6.07, 6.45) is 1.59. The van der Waals surface area contributed by atoms with Gasteiger partial charge in [-0.25, -0.2) is 9.59 Å². The lowest BCUT2D eigenvalue weighted by atomic mass is 9.95. The topological polar surface area (TPSA) is 154 Å². The van der Waals surface area contributed by atoms with Crippen molar-refractivity contribution in [3.05, 3.63) is 65.6 Å². The summed E-state index contributed by atoms with van der Waals surface area (Å²) in [6, 6.07) is 11.5. The summed E-state index contributed by atoms with van der Waals surface area (Å²) in [4.78, 5) is 36.8. The molecule has 1 atom stereocenters. The first-order valence-corrected chi connectivity index (χ1v) is 11.9. The van der Waals surface area contributed by atoms with Crippen LogP contribution in [-0.4, -0.2) is 45.0 Å². The van der Waals surface area contributed by atoms with Crippen molar-refractivity contribution in [2.75, 3.05) is 12.4 Å². The van der Waals surface area contributed by atoms with E-state index in [0.29, 0.717) is 28.0 Å². The molecule has 0 bridgehead atoms. The maximum atomic E-state index is 12.9. The van der Waals surface area contributed by atoms with E-state index in [1.54, 1.807) is 23.6 Å². The number of benzene rings is 1. The molecule has 4 N–H and O–H groups in total. The van der Waals surface area contributed by atoms with E-state index in [1.807, 2.05) is 30.3 Å². The third kappa shape index (κ3) is 5.54. The second-order valence-electron chi connectivity index (χ2n) is 7.49. The molecule has 0 saturated carbocycles. The molecule has 0 fully saturated rings. The average molecular weight is 497 g/mol. The van der Waals surface area contributed by atoms with Crippen LogP contribution in [0.15, 0.2) is 69.6 Å². The van der Waals surface area contributed by atoms with Gasteiger partial charge in [0.2, 0.25) is 5.91 Å². The predicted octanol–water partition coefficient (Wildman–Crippen LogP) is 2.38. The molecular formula is C23H24N6O5S. The van der Waals surface area contributed by atoms with E-state index in [4.69, 9.17) is 14.9 Å². The fourth-order valence-corrected chi connectivity index (χ4v) is 4.55. The van der Waals surface area contributed by atoms with E-state index >= 15 is 0 Å². The minimum atomic E-state index is -0.675. The average Bonchev–Trinajstić information content (AvgIpc) is 3.51. The number of nitrogens with one attached hydrogen (secondary N) is 2. The Balaban J connectivity index is 1.67. The molecule has 3 aromatic rings. The maximum Gasteiger partial charge on any atom is 0.338 e. The number of esters is 1. The molecule has 1 unspecified atom stereocenters. The first-order chi connectivity index (χ1) is 17.0. The Kier molecular flexibility index (Phi) is 7.51. The summed E-state index contributed by atoms with van der Waals surface area (Å²) in [6.45, 7) is 2.15. The highest BCUT2D eigenvalue weighted by molar-refractivity contribution is 7.99. The molecule has 3 amide bonds. The van der Waals surface area contributed by atoms with Crippen LogP contribution in [0, 0.1) is 0 Å². The third-order valence-corrected chi connectivity index (χ3v) is 6.16. The fraction of sp³-hybridized carbons (Fsp3) is 0.261. The van der Waals surface area contributed by atoms with Crippen LogP contribution in [0.25, 0.3) is 11.6 Å². The number of aromatic nitrogens is 3. The van der Waals surface area contributed by atoms with Crippen LogP contribution < -0.4 is 16.4 Å². The van der Waals surface area contributed by atoms with Crippen LogP contribution in [0.5, 0.6) is 0 Å². The number of hydrogen-bond donors (Lipinski definition) is 3. The normalized spacial score (nSPS) is 15.5. The smallest absolute Gasteiger partial charge is 0.338 e. The monoisotopic (exact) mass is 496 g/mol. The van der Waals surface area contributed by atoms with Gasteiger partial charge in [-0.05, 0) is 24.6 Å². The molecule has 0 spiro atoms. The zero-order chi connectivity index (χ0) is 24.8. The van der Waals surface area contributed by atoms with Gasteiger partial charge in [0.05, 0.1) is 24.5 Å². The number of thioether (sulfide) groups is 1. The number of urea groups is 1. The predicted molar refractivity (Wildman–Crippen MR) is 127 cm³/mol. The summed E-state index contributed by atoms with van der Waals surface area (Å²) in [5.74, 6) is 0.117. The first kappa shape index (κ1) is 24.1. The molecule has 1 aromatic carbocycles. The number of primary amides is 1. The molecule has 1 aliphatic heterocycles. The Hall–Kier alpha value is -4.06. The van der Waals surface area contributed by atoms with Crippen molar-refractivity contribution in [3.8, 4) is 11.6 Å². The number of carbonyl (C=O) groups excluding carboxylic acids is 3. The van der Waals surface area contributed by atoms with Gasteiger partial charge in [0, 0.05) is 24.4 Å². The Morgan fingerprint density at radius 2 is 2.00 bits per heavy atom. The molecule has 0 aliphatic carbocycles. The number of nitrogens with zero attached hydrogens (tertiary/aromatic N) is 3. The summed E-state index contributed by atoms with van der Waals surface area (Å²) in [7, 11) is 0. The van der Waals surface area contributed by atoms with Gasteiger partial charge in [-0.1, -0.05) is 42.1 Å². The van der Waals surface area contributed by atoms with Gasteiger partial charge >= 0.3 is 12.0 Å². The minimum absolute atomic E-state index is 0.0762. The fourth-order valence-electron chi connectivity index (χ4n) is 3.62. The lowest BCUT2D eigenvalue weighted by molar-refractivity contribution is -0.139. The number of amides is 3. The first-order valence-electron chi connectivity index (χ1n) is 10.9. The Bertz CT molecular complexity index is 1240. The maximum absolute atomic E-state index is 12.9. The van der Waals surface area contributed by atoms with Crippen LogP contribution in [0.2, 0.25) is 0 Å². The van der Waals surface area contributed by atoms with Crippen molar-refractivity contribution in [3.63, 3.8) is 0 Å². The van der Waals surface area contributed by atoms with Crippen LogP contribution in [-0.2, 0) is 20.9 Å². The highest BCUT2D eigenvalue weighted by atomic mass is 32.2. The van der Waals surface area contributed by atoms with Crippen LogP contribution in [0.4, 0.5) is 4.79 Å². The molecule has 0 saturated heterocycles. The number of nitrogens with two attached hydrogens (primary N) is 1. The SMILES string of the molecule is CCOC(=O)C1=C(CSc2nnc(-c3ccco3)n2CCC(N)=O)NC(=O)NC1c1ccccc1. The molecule has 0 radical (unpaired) electrons. The van der Waals surface area contributed by atoms with E-state index in [0.717, 1.165) is 5.56 Å².